The van der Waals surface area contributed by atoms with E-state index in [2.05, 4.69) is 10.1 Å². The Morgan fingerprint density at radius 3 is 2.58 bits per heavy atom. The molecule has 94 valence electrons. The predicted octanol–water partition coefficient (Wildman–Crippen LogP) is 4.02. The van der Waals surface area contributed by atoms with Crippen molar-refractivity contribution in [1.82, 2.24) is 10.1 Å². The lowest BCUT2D eigenvalue weighted by atomic mass is 10.1. The largest absolute Gasteiger partial charge is 0.334 e. The van der Waals surface area contributed by atoms with E-state index in [1.807, 2.05) is 62.4 Å². The maximum absolute atomic E-state index is 5.35. The van der Waals surface area contributed by atoms with Crippen LogP contribution in [0.1, 0.15) is 11.1 Å². The van der Waals surface area contributed by atoms with E-state index in [1.165, 1.54) is 5.56 Å². The second-order valence-corrected chi connectivity index (χ2v) is 4.61. The van der Waals surface area contributed by atoms with Crippen LogP contribution in [0.4, 0.5) is 0 Å². The molecule has 0 spiro atoms. The van der Waals surface area contributed by atoms with E-state index in [0.29, 0.717) is 11.7 Å². The van der Waals surface area contributed by atoms with Crippen molar-refractivity contribution < 1.29 is 4.52 Å². The van der Waals surface area contributed by atoms with Gasteiger partial charge in [0.2, 0.25) is 5.82 Å². The smallest absolute Gasteiger partial charge is 0.258 e. The molecular formula is C16H14N2O. The molecule has 0 fully saturated rings. The minimum Gasteiger partial charge on any atom is -0.334 e. The van der Waals surface area contributed by atoms with E-state index >= 15 is 0 Å². The molecule has 2 aromatic carbocycles. The first-order valence-corrected chi connectivity index (χ1v) is 6.21. The second-order valence-electron chi connectivity index (χ2n) is 4.61. The summed E-state index contributed by atoms with van der Waals surface area (Å²) < 4.78 is 5.35. The van der Waals surface area contributed by atoms with Crippen LogP contribution in [0.25, 0.3) is 22.8 Å². The maximum atomic E-state index is 5.35. The van der Waals surface area contributed by atoms with Gasteiger partial charge in [-0.05, 0) is 31.5 Å². The number of aryl methyl sites for hydroxylation is 2. The Bertz CT molecular complexity index is 716. The summed E-state index contributed by atoms with van der Waals surface area (Å²) >= 11 is 0. The van der Waals surface area contributed by atoms with Gasteiger partial charge in [-0.25, -0.2) is 0 Å². The van der Waals surface area contributed by atoms with Crippen LogP contribution in [-0.4, -0.2) is 10.1 Å². The number of hydrogen-bond acceptors (Lipinski definition) is 3. The van der Waals surface area contributed by atoms with Gasteiger partial charge >= 0.3 is 0 Å². The first-order valence-electron chi connectivity index (χ1n) is 6.21. The third-order valence-corrected chi connectivity index (χ3v) is 3.08. The summed E-state index contributed by atoms with van der Waals surface area (Å²) in [4.78, 5) is 4.47. The van der Waals surface area contributed by atoms with Crippen molar-refractivity contribution in [2.24, 2.45) is 0 Å². The molecule has 1 heterocycles. The second kappa shape index (κ2) is 4.69. The molecule has 0 saturated heterocycles. The lowest BCUT2D eigenvalue weighted by Crippen LogP contribution is -1.85. The Labute approximate surface area is 111 Å². The molecule has 0 radical (unpaired) electrons. The van der Waals surface area contributed by atoms with Crippen LogP contribution < -0.4 is 0 Å². The first-order chi connectivity index (χ1) is 9.24. The fraction of sp³-hybridized carbons (Fsp3) is 0.125. The highest BCUT2D eigenvalue weighted by Gasteiger charge is 2.11. The normalized spacial score (nSPS) is 10.6. The standard InChI is InChI=1S/C16H14N2O/c1-11-6-5-8-13(10-11)16-17-15(18-19-16)14-9-4-3-7-12(14)2/h3-10H,1-2H3. The molecular weight excluding hydrogens is 236 g/mol. The third-order valence-electron chi connectivity index (χ3n) is 3.08. The average molecular weight is 250 g/mol. The molecule has 3 heteroatoms. The molecule has 1 aromatic heterocycles. The zero-order valence-electron chi connectivity index (χ0n) is 10.9. The van der Waals surface area contributed by atoms with Crippen LogP contribution >= 0.6 is 0 Å². The van der Waals surface area contributed by atoms with E-state index in [4.69, 9.17) is 4.52 Å². The molecule has 0 unspecified atom stereocenters. The molecule has 0 aliphatic heterocycles. The Balaban J connectivity index is 2.03. The number of nitrogens with zero attached hydrogens (tertiary/aromatic N) is 2. The van der Waals surface area contributed by atoms with E-state index in [-0.39, 0.29) is 0 Å². The minimum absolute atomic E-state index is 0.557. The molecule has 0 saturated carbocycles. The predicted molar refractivity (Wildman–Crippen MR) is 74.6 cm³/mol. The molecule has 0 N–H and O–H groups in total. The van der Waals surface area contributed by atoms with Gasteiger partial charge in [0.15, 0.2) is 0 Å². The monoisotopic (exact) mass is 250 g/mol. The van der Waals surface area contributed by atoms with Gasteiger partial charge in [0.1, 0.15) is 0 Å². The summed E-state index contributed by atoms with van der Waals surface area (Å²) in [7, 11) is 0. The van der Waals surface area contributed by atoms with E-state index < -0.39 is 0 Å². The van der Waals surface area contributed by atoms with Gasteiger partial charge < -0.3 is 4.52 Å². The van der Waals surface area contributed by atoms with Crippen molar-refractivity contribution in [1.29, 1.82) is 0 Å². The quantitative estimate of drug-likeness (QED) is 0.689. The lowest BCUT2D eigenvalue weighted by molar-refractivity contribution is 0.432. The van der Waals surface area contributed by atoms with Crippen molar-refractivity contribution in [2.45, 2.75) is 13.8 Å². The summed E-state index contributed by atoms with van der Waals surface area (Å²) in [5, 5.41) is 4.07. The van der Waals surface area contributed by atoms with Gasteiger partial charge in [0.25, 0.3) is 5.89 Å². The van der Waals surface area contributed by atoms with Crippen molar-refractivity contribution >= 4 is 0 Å². The third kappa shape index (κ3) is 2.27. The number of hydrogen-bond donors (Lipinski definition) is 0. The maximum Gasteiger partial charge on any atom is 0.258 e. The van der Waals surface area contributed by atoms with E-state index in [1.54, 1.807) is 0 Å². The van der Waals surface area contributed by atoms with Crippen molar-refractivity contribution in [2.75, 3.05) is 0 Å². The van der Waals surface area contributed by atoms with Gasteiger partial charge in [0.05, 0.1) is 0 Å². The van der Waals surface area contributed by atoms with Gasteiger partial charge in [-0.1, -0.05) is 47.1 Å². The van der Waals surface area contributed by atoms with Gasteiger partial charge in [-0.3, -0.25) is 0 Å². The topological polar surface area (TPSA) is 38.9 Å². The highest BCUT2D eigenvalue weighted by Crippen LogP contribution is 2.24. The molecule has 0 amide bonds. The molecule has 3 nitrogen and oxygen atoms in total. The summed E-state index contributed by atoms with van der Waals surface area (Å²) in [6.45, 7) is 4.08. The molecule has 0 aliphatic carbocycles. The molecule has 19 heavy (non-hydrogen) atoms. The highest BCUT2D eigenvalue weighted by molar-refractivity contribution is 5.62. The zero-order chi connectivity index (χ0) is 13.2. The Morgan fingerprint density at radius 2 is 1.79 bits per heavy atom. The zero-order valence-corrected chi connectivity index (χ0v) is 10.9. The van der Waals surface area contributed by atoms with E-state index in [9.17, 15) is 0 Å². The van der Waals surface area contributed by atoms with Crippen LogP contribution in [0.2, 0.25) is 0 Å². The lowest BCUT2D eigenvalue weighted by Gasteiger charge is -1.98. The first kappa shape index (κ1) is 11.7. The average Bonchev–Trinajstić information content (AvgIpc) is 2.89. The Kier molecular flexibility index (Phi) is 2.88. The summed E-state index contributed by atoms with van der Waals surface area (Å²) in [5.74, 6) is 1.19. The molecule has 0 bridgehead atoms. The van der Waals surface area contributed by atoms with E-state index in [0.717, 1.165) is 16.7 Å². The molecule has 0 atom stereocenters. The van der Waals surface area contributed by atoms with Gasteiger partial charge in [-0.15, -0.1) is 0 Å². The SMILES string of the molecule is Cc1cccc(-c2nc(-c3ccccc3C)no2)c1. The van der Waals surface area contributed by atoms with Crippen LogP contribution in [0, 0.1) is 13.8 Å². The summed E-state index contributed by atoms with van der Waals surface area (Å²) in [6.07, 6.45) is 0. The van der Waals surface area contributed by atoms with Crippen LogP contribution in [0.15, 0.2) is 53.1 Å². The fourth-order valence-electron chi connectivity index (χ4n) is 2.05. The highest BCUT2D eigenvalue weighted by atomic mass is 16.5. The molecule has 3 rings (SSSR count). The summed E-state index contributed by atoms with van der Waals surface area (Å²) in [6, 6.07) is 16.1. The number of benzene rings is 2. The number of aromatic nitrogens is 2. The Hall–Kier alpha value is -2.42. The van der Waals surface area contributed by atoms with Crippen molar-refractivity contribution in [3.63, 3.8) is 0 Å². The van der Waals surface area contributed by atoms with Crippen LogP contribution in [0.3, 0.4) is 0 Å². The minimum atomic E-state index is 0.557. The van der Waals surface area contributed by atoms with Gasteiger partial charge in [-0.2, -0.15) is 4.98 Å². The molecule has 3 aromatic rings. The van der Waals surface area contributed by atoms with Crippen molar-refractivity contribution in [3.05, 3.63) is 59.7 Å². The Morgan fingerprint density at radius 1 is 0.947 bits per heavy atom. The fourth-order valence-corrected chi connectivity index (χ4v) is 2.05. The van der Waals surface area contributed by atoms with Crippen molar-refractivity contribution in [3.8, 4) is 22.8 Å². The molecule has 0 aliphatic rings. The van der Waals surface area contributed by atoms with Crippen LogP contribution in [-0.2, 0) is 0 Å². The van der Waals surface area contributed by atoms with Crippen LogP contribution in [0.5, 0.6) is 0 Å². The summed E-state index contributed by atoms with van der Waals surface area (Å²) in [5.41, 5.74) is 4.27. The number of rotatable bonds is 2. The van der Waals surface area contributed by atoms with Gasteiger partial charge in [0, 0.05) is 11.1 Å².